The maximum atomic E-state index is 13.7. The molecule has 1 atom stereocenters. The van der Waals surface area contributed by atoms with Crippen molar-refractivity contribution < 1.29 is 4.39 Å². The van der Waals surface area contributed by atoms with Crippen molar-refractivity contribution in [2.24, 2.45) is 0 Å². The molecule has 0 aromatic heterocycles. The highest BCUT2D eigenvalue weighted by atomic mass is 79.9. The van der Waals surface area contributed by atoms with E-state index >= 15 is 0 Å². The second kappa shape index (κ2) is 6.90. The lowest BCUT2D eigenvalue weighted by molar-refractivity contribution is 0.544. The lowest BCUT2D eigenvalue weighted by Crippen LogP contribution is -2.18. The Balaban J connectivity index is 2.04. The summed E-state index contributed by atoms with van der Waals surface area (Å²) in [5.74, 6) is -0.229. The van der Waals surface area contributed by atoms with E-state index in [2.05, 4.69) is 21.2 Å². The lowest BCUT2D eigenvalue weighted by Gasteiger charge is -2.15. The quantitative estimate of drug-likeness (QED) is 0.716. The van der Waals surface area contributed by atoms with Gasteiger partial charge in [0.2, 0.25) is 0 Å². The van der Waals surface area contributed by atoms with Crippen molar-refractivity contribution in [3.05, 3.63) is 67.9 Å². The molecule has 20 heavy (non-hydrogen) atoms. The number of hydrogen-bond acceptors (Lipinski definition) is 1. The largest absolute Gasteiger partial charge is 0.306 e. The van der Waals surface area contributed by atoms with Crippen LogP contribution in [-0.4, -0.2) is 0 Å². The van der Waals surface area contributed by atoms with Gasteiger partial charge in [0.25, 0.3) is 0 Å². The summed E-state index contributed by atoms with van der Waals surface area (Å²) in [6.45, 7) is 2.44. The van der Waals surface area contributed by atoms with E-state index in [1.54, 1.807) is 12.1 Å². The molecule has 1 nitrogen and oxygen atoms in total. The normalized spacial score (nSPS) is 12.4. The highest BCUT2D eigenvalue weighted by molar-refractivity contribution is 9.10. The van der Waals surface area contributed by atoms with Crippen molar-refractivity contribution >= 4 is 39.1 Å². The van der Waals surface area contributed by atoms with Crippen LogP contribution in [0.3, 0.4) is 0 Å². The number of halogens is 4. The topological polar surface area (TPSA) is 12.0 Å². The Kier molecular flexibility index (Phi) is 5.44. The molecule has 0 amide bonds. The second-order valence-electron chi connectivity index (χ2n) is 4.51. The van der Waals surface area contributed by atoms with Crippen molar-refractivity contribution in [2.45, 2.75) is 19.5 Å². The lowest BCUT2D eigenvalue weighted by atomic mass is 10.1. The minimum absolute atomic E-state index is 0.0489. The van der Waals surface area contributed by atoms with Gasteiger partial charge in [0.05, 0.1) is 10.0 Å². The number of hydrogen-bond donors (Lipinski definition) is 1. The summed E-state index contributed by atoms with van der Waals surface area (Å²) in [6.07, 6.45) is 0. The van der Waals surface area contributed by atoms with Gasteiger partial charge in [-0.15, -0.1) is 0 Å². The smallest absolute Gasteiger partial charge is 0.128 e. The number of rotatable bonds is 4. The van der Waals surface area contributed by atoms with E-state index in [-0.39, 0.29) is 11.9 Å². The summed E-state index contributed by atoms with van der Waals surface area (Å²) in [7, 11) is 0. The van der Waals surface area contributed by atoms with E-state index in [0.717, 1.165) is 10.0 Å². The van der Waals surface area contributed by atoms with Gasteiger partial charge in [-0.2, -0.15) is 0 Å². The zero-order valence-electron chi connectivity index (χ0n) is 10.8. The summed E-state index contributed by atoms with van der Waals surface area (Å²) in [4.78, 5) is 0. The first kappa shape index (κ1) is 15.8. The third-order valence-corrected chi connectivity index (χ3v) is 4.29. The molecule has 0 saturated carbocycles. The van der Waals surface area contributed by atoms with Crippen LogP contribution in [0.1, 0.15) is 24.1 Å². The van der Waals surface area contributed by atoms with Gasteiger partial charge in [0.15, 0.2) is 0 Å². The van der Waals surface area contributed by atoms with Crippen molar-refractivity contribution in [1.29, 1.82) is 0 Å². The maximum absolute atomic E-state index is 13.7. The van der Waals surface area contributed by atoms with Crippen LogP contribution >= 0.6 is 39.1 Å². The predicted octanol–water partition coefficient (Wildman–Crippen LogP) is 5.75. The minimum atomic E-state index is -0.229. The van der Waals surface area contributed by atoms with Crippen LogP contribution in [0.15, 0.2) is 40.9 Å². The molecule has 0 aliphatic carbocycles. The van der Waals surface area contributed by atoms with E-state index in [1.165, 1.54) is 6.07 Å². The first-order valence-electron chi connectivity index (χ1n) is 6.09. The standard InChI is InChI=1S/C15H13BrCl2FN/c1-9(10-3-5-13(17)14(18)6-10)20-8-11-2-4-12(16)7-15(11)19/h2-7,9,20H,8H2,1H3. The molecule has 5 heteroatoms. The monoisotopic (exact) mass is 375 g/mol. The molecular weight excluding hydrogens is 364 g/mol. The minimum Gasteiger partial charge on any atom is -0.306 e. The Labute approximate surface area is 136 Å². The van der Waals surface area contributed by atoms with Crippen LogP contribution in [-0.2, 0) is 6.54 Å². The molecule has 106 valence electrons. The fourth-order valence-electron chi connectivity index (χ4n) is 1.83. The first-order chi connectivity index (χ1) is 9.47. The van der Waals surface area contributed by atoms with Gasteiger partial charge in [-0.05, 0) is 36.8 Å². The average molecular weight is 377 g/mol. The molecule has 0 spiro atoms. The summed E-state index contributed by atoms with van der Waals surface area (Å²) in [6, 6.07) is 10.6. The van der Waals surface area contributed by atoms with Crippen molar-refractivity contribution in [1.82, 2.24) is 5.32 Å². The molecule has 2 aromatic carbocycles. The van der Waals surface area contributed by atoms with Gasteiger partial charge in [-0.1, -0.05) is 51.3 Å². The molecule has 0 radical (unpaired) electrons. The van der Waals surface area contributed by atoms with Crippen LogP contribution in [0.5, 0.6) is 0 Å². The Morgan fingerprint density at radius 1 is 1.15 bits per heavy atom. The van der Waals surface area contributed by atoms with Crippen LogP contribution in [0.2, 0.25) is 10.0 Å². The van der Waals surface area contributed by atoms with Gasteiger partial charge in [0.1, 0.15) is 5.82 Å². The zero-order chi connectivity index (χ0) is 14.7. The summed E-state index contributed by atoms with van der Waals surface area (Å²) in [5.41, 5.74) is 1.64. The molecule has 2 rings (SSSR count). The van der Waals surface area contributed by atoms with Crippen molar-refractivity contribution in [3.8, 4) is 0 Å². The molecule has 0 fully saturated rings. The molecule has 0 heterocycles. The van der Waals surface area contributed by atoms with Gasteiger partial charge < -0.3 is 5.32 Å². The van der Waals surface area contributed by atoms with Crippen molar-refractivity contribution in [2.75, 3.05) is 0 Å². The predicted molar refractivity (Wildman–Crippen MR) is 85.8 cm³/mol. The van der Waals surface area contributed by atoms with Gasteiger partial charge in [-0.3, -0.25) is 0 Å². The van der Waals surface area contributed by atoms with E-state index in [1.807, 2.05) is 25.1 Å². The summed E-state index contributed by atoms with van der Waals surface area (Å²) in [5, 5.41) is 4.32. The molecule has 2 aromatic rings. The molecule has 1 unspecified atom stereocenters. The SMILES string of the molecule is CC(NCc1ccc(Br)cc1F)c1ccc(Cl)c(Cl)c1. The highest BCUT2D eigenvalue weighted by Crippen LogP contribution is 2.25. The summed E-state index contributed by atoms with van der Waals surface area (Å²) >= 11 is 15.1. The van der Waals surface area contributed by atoms with Crippen molar-refractivity contribution in [3.63, 3.8) is 0 Å². The summed E-state index contributed by atoms with van der Waals surface area (Å²) < 4.78 is 14.4. The number of nitrogens with one attached hydrogen (secondary N) is 1. The van der Waals surface area contributed by atoms with Crippen LogP contribution < -0.4 is 5.32 Å². The van der Waals surface area contributed by atoms with Crippen LogP contribution in [0, 0.1) is 5.82 Å². The fraction of sp³-hybridized carbons (Fsp3) is 0.200. The molecule has 0 saturated heterocycles. The van der Waals surface area contributed by atoms with Gasteiger partial charge >= 0.3 is 0 Å². The fourth-order valence-corrected chi connectivity index (χ4v) is 2.47. The third-order valence-electron chi connectivity index (χ3n) is 3.06. The molecule has 0 aliphatic heterocycles. The Hall–Kier alpha value is -0.610. The van der Waals surface area contributed by atoms with Crippen LogP contribution in [0.4, 0.5) is 4.39 Å². The third kappa shape index (κ3) is 3.95. The maximum Gasteiger partial charge on any atom is 0.128 e. The van der Waals surface area contributed by atoms with E-state index < -0.39 is 0 Å². The van der Waals surface area contributed by atoms with E-state index in [4.69, 9.17) is 23.2 Å². The van der Waals surface area contributed by atoms with Gasteiger partial charge in [-0.25, -0.2) is 4.39 Å². The van der Waals surface area contributed by atoms with Crippen LogP contribution in [0.25, 0.3) is 0 Å². The Bertz CT molecular complexity index is 619. The first-order valence-corrected chi connectivity index (χ1v) is 7.64. The molecule has 1 N–H and O–H groups in total. The Morgan fingerprint density at radius 2 is 1.90 bits per heavy atom. The van der Waals surface area contributed by atoms with Gasteiger partial charge in [0, 0.05) is 22.6 Å². The zero-order valence-corrected chi connectivity index (χ0v) is 13.9. The van der Waals surface area contributed by atoms with E-state index in [9.17, 15) is 4.39 Å². The number of benzene rings is 2. The molecule has 0 bridgehead atoms. The Morgan fingerprint density at radius 3 is 2.55 bits per heavy atom. The average Bonchev–Trinajstić information content (AvgIpc) is 2.40. The molecule has 0 aliphatic rings. The molecular formula is C15H13BrCl2FN. The van der Waals surface area contributed by atoms with E-state index in [0.29, 0.717) is 22.2 Å². The highest BCUT2D eigenvalue weighted by Gasteiger charge is 2.09. The second-order valence-corrected chi connectivity index (χ2v) is 6.24.